The number of nitrogens with zero attached hydrogens (tertiary/aromatic N) is 1. The second-order valence-electron chi connectivity index (χ2n) is 3.12. The molecule has 1 heterocycles. The molecule has 3 nitrogen and oxygen atoms in total. The molecule has 0 fully saturated rings. The van der Waals surface area contributed by atoms with Crippen molar-refractivity contribution in [2.45, 2.75) is 0 Å². The topological polar surface area (TPSA) is 59.1 Å². The van der Waals surface area contributed by atoms with Crippen molar-refractivity contribution < 1.29 is 9.50 Å². The lowest BCUT2D eigenvalue weighted by Crippen LogP contribution is -1.89. The first kappa shape index (κ1) is 9.45. The molecule has 0 spiro atoms. The third-order valence-corrected chi connectivity index (χ3v) is 2.01. The summed E-state index contributed by atoms with van der Waals surface area (Å²) in [5, 5.41) is 9.59. The van der Waals surface area contributed by atoms with Gasteiger partial charge in [0.05, 0.1) is 5.69 Å². The molecule has 1 aromatic carbocycles. The smallest absolute Gasteiger partial charge is 0.213 e. The van der Waals surface area contributed by atoms with Crippen LogP contribution < -0.4 is 5.73 Å². The predicted octanol–water partition coefficient (Wildman–Crippen LogP) is 2.18. The van der Waals surface area contributed by atoms with Gasteiger partial charge in [0.1, 0.15) is 5.75 Å². The molecule has 15 heavy (non-hydrogen) atoms. The van der Waals surface area contributed by atoms with E-state index in [1.165, 1.54) is 18.2 Å². The molecule has 0 aliphatic rings. The highest BCUT2D eigenvalue weighted by molar-refractivity contribution is 5.69. The third-order valence-electron chi connectivity index (χ3n) is 2.01. The van der Waals surface area contributed by atoms with Gasteiger partial charge in [-0.25, -0.2) is 4.98 Å². The highest BCUT2D eigenvalue weighted by atomic mass is 19.1. The van der Waals surface area contributed by atoms with Crippen LogP contribution in [0.4, 0.5) is 10.1 Å². The van der Waals surface area contributed by atoms with Gasteiger partial charge in [-0.1, -0.05) is 6.07 Å². The van der Waals surface area contributed by atoms with Crippen LogP contribution in [0.15, 0.2) is 36.4 Å². The molecule has 0 aliphatic heterocycles. The van der Waals surface area contributed by atoms with E-state index < -0.39 is 5.95 Å². The van der Waals surface area contributed by atoms with Gasteiger partial charge in [0.25, 0.3) is 0 Å². The Morgan fingerprint density at radius 3 is 2.67 bits per heavy atom. The van der Waals surface area contributed by atoms with Crippen LogP contribution in [-0.2, 0) is 0 Å². The van der Waals surface area contributed by atoms with Crippen molar-refractivity contribution in [1.82, 2.24) is 4.98 Å². The summed E-state index contributed by atoms with van der Waals surface area (Å²) in [4.78, 5) is 3.67. The van der Waals surface area contributed by atoms with Crippen LogP contribution in [0.1, 0.15) is 0 Å². The van der Waals surface area contributed by atoms with E-state index in [0.717, 1.165) is 0 Å². The average Bonchev–Trinajstić information content (AvgIpc) is 2.17. The number of pyridine rings is 1. The van der Waals surface area contributed by atoms with Crippen LogP contribution in [0.3, 0.4) is 0 Å². The summed E-state index contributed by atoms with van der Waals surface area (Å²) in [6.07, 6.45) is 0. The summed E-state index contributed by atoms with van der Waals surface area (Å²) in [7, 11) is 0. The zero-order valence-electron chi connectivity index (χ0n) is 7.81. The molecule has 0 radical (unpaired) electrons. The number of aromatic hydroxyl groups is 1. The van der Waals surface area contributed by atoms with Crippen molar-refractivity contribution in [1.29, 1.82) is 0 Å². The minimum atomic E-state index is -0.580. The summed E-state index contributed by atoms with van der Waals surface area (Å²) in [6.45, 7) is 0. The highest BCUT2D eigenvalue weighted by Crippen LogP contribution is 2.29. The minimum Gasteiger partial charge on any atom is -0.507 e. The summed E-state index contributed by atoms with van der Waals surface area (Å²) in [5.74, 6) is -0.586. The number of benzene rings is 1. The maximum absolute atomic E-state index is 12.8. The van der Waals surface area contributed by atoms with Gasteiger partial charge in [-0.15, -0.1) is 0 Å². The van der Waals surface area contributed by atoms with Crippen molar-refractivity contribution >= 4 is 5.69 Å². The van der Waals surface area contributed by atoms with Gasteiger partial charge < -0.3 is 10.8 Å². The maximum atomic E-state index is 12.8. The molecular weight excluding hydrogens is 195 g/mol. The lowest BCUT2D eigenvalue weighted by Gasteiger charge is -2.04. The van der Waals surface area contributed by atoms with Gasteiger partial charge in [-0.05, 0) is 24.3 Å². The molecule has 0 bridgehead atoms. The monoisotopic (exact) mass is 204 g/mol. The molecule has 0 amide bonds. The van der Waals surface area contributed by atoms with E-state index in [4.69, 9.17) is 5.73 Å². The van der Waals surface area contributed by atoms with Crippen molar-refractivity contribution in [3.05, 3.63) is 42.3 Å². The van der Waals surface area contributed by atoms with Crippen LogP contribution in [-0.4, -0.2) is 10.1 Å². The van der Waals surface area contributed by atoms with Crippen molar-refractivity contribution in [3.63, 3.8) is 0 Å². The number of anilines is 1. The molecule has 2 rings (SSSR count). The van der Waals surface area contributed by atoms with Gasteiger partial charge in [0, 0.05) is 17.3 Å². The van der Waals surface area contributed by atoms with E-state index in [0.29, 0.717) is 16.9 Å². The molecule has 0 saturated heterocycles. The number of phenolic OH excluding ortho intramolecular Hbond substituents is 1. The van der Waals surface area contributed by atoms with E-state index in [2.05, 4.69) is 4.98 Å². The van der Waals surface area contributed by atoms with E-state index in [1.54, 1.807) is 18.2 Å². The van der Waals surface area contributed by atoms with Gasteiger partial charge in [-0.2, -0.15) is 4.39 Å². The Morgan fingerprint density at radius 1 is 1.20 bits per heavy atom. The van der Waals surface area contributed by atoms with E-state index in [9.17, 15) is 9.50 Å². The average molecular weight is 204 g/mol. The quantitative estimate of drug-likeness (QED) is 0.552. The van der Waals surface area contributed by atoms with E-state index >= 15 is 0 Å². The van der Waals surface area contributed by atoms with E-state index in [-0.39, 0.29) is 5.75 Å². The number of hydrogen-bond acceptors (Lipinski definition) is 3. The second kappa shape index (κ2) is 3.57. The Bertz CT molecular complexity index is 500. The van der Waals surface area contributed by atoms with Crippen molar-refractivity contribution in [3.8, 4) is 17.0 Å². The molecule has 0 unspecified atom stereocenters. The Hall–Kier alpha value is -2.10. The molecule has 0 saturated carbocycles. The number of nitrogen functional groups attached to an aromatic ring is 1. The Balaban J connectivity index is 2.54. The summed E-state index contributed by atoms with van der Waals surface area (Å²) in [5.41, 5.74) is 6.78. The van der Waals surface area contributed by atoms with Crippen LogP contribution in [0.5, 0.6) is 5.75 Å². The molecule has 1 aromatic heterocycles. The predicted molar refractivity (Wildman–Crippen MR) is 55.7 cm³/mol. The Kier molecular flexibility index (Phi) is 2.25. The van der Waals surface area contributed by atoms with Gasteiger partial charge in [-0.3, -0.25) is 0 Å². The van der Waals surface area contributed by atoms with Crippen LogP contribution in [0, 0.1) is 5.95 Å². The number of aromatic nitrogens is 1. The number of phenols is 1. The molecule has 2 aromatic rings. The van der Waals surface area contributed by atoms with Crippen LogP contribution >= 0.6 is 0 Å². The first-order valence-electron chi connectivity index (χ1n) is 4.38. The molecule has 76 valence electrons. The fraction of sp³-hybridized carbons (Fsp3) is 0. The largest absolute Gasteiger partial charge is 0.507 e. The van der Waals surface area contributed by atoms with Gasteiger partial charge in [0.15, 0.2) is 0 Å². The SMILES string of the molecule is Nc1ccc(-c2cccc(F)n2)c(O)c1. The van der Waals surface area contributed by atoms with Crippen LogP contribution in [0.2, 0.25) is 0 Å². The van der Waals surface area contributed by atoms with Gasteiger partial charge >= 0.3 is 0 Å². The highest BCUT2D eigenvalue weighted by Gasteiger charge is 2.06. The lowest BCUT2D eigenvalue weighted by molar-refractivity contribution is 0.477. The minimum absolute atomic E-state index is 0.00639. The molecule has 0 aliphatic carbocycles. The zero-order valence-corrected chi connectivity index (χ0v) is 7.81. The molecular formula is C11H9FN2O. The van der Waals surface area contributed by atoms with Crippen molar-refractivity contribution in [2.75, 3.05) is 5.73 Å². The molecule has 4 heteroatoms. The first-order valence-corrected chi connectivity index (χ1v) is 4.38. The second-order valence-corrected chi connectivity index (χ2v) is 3.12. The number of hydrogen-bond donors (Lipinski definition) is 2. The Labute approximate surface area is 86.0 Å². The lowest BCUT2D eigenvalue weighted by atomic mass is 10.1. The van der Waals surface area contributed by atoms with E-state index in [1.807, 2.05) is 0 Å². The summed E-state index contributed by atoms with van der Waals surface area (Å²) in [6, 6.07) is 9.04. The number of nitrogens with two attached hydrogens (primary N) is 1. The standard InChI is InChI=1S/C11H9FN2O/c12-11-3-1-2-9(14-11)8-5-4-7(13)6-10(8)15/h1-6,15H,13H2. The van der Waals surface area contributed by atoms with Crippen LogP contribution in [0.25, 0.3) is 11.3 Å². The zero-order chi connectivity index (χ0) is 10.8. The van der Waals surface area contributed by atoms with Gasteiger partial charge in [0.2, 0.25) is 5.95 Å². The summed E-state index contributed by atoms with van der Waals surface area (Å²) >= 11 is 0. The fourth-order valence-corrected chi connectivity index (χ4v) is 1.32. The maximum Gasteiger partial charge on any atom is 0.213 e. The first-order chi connectivity index (χ1) is 7.16. The molecule has 0 atom stereocenters. The number of halogens is 1. The fourth-order valence-electron chi connectivity index (χ4n) is 1.32. The third kappa shape index (κ3) is 1.88. The normalized spacial score (nSPS) is 10.2. The summed E-state index contributed by atoms with van der Waals surface area (Å²) < 4.78 is 12.8. The Morgan fingerprint density at radius 2 is 2.00 bits per heavy atom. The number of rotatable bonds is 1. The molecule has 3 N–H and O–H groups in total. The van der Waals surface area contributed by atoms with Crippen molar-refractivity contribution in [2.24, 2.45) is 0 Å².